The van der Waals surface area contributed by atoms with Crippen LogP contribution in [0.2, 0.25) is 0 Å². The van der Waals surface area contributed by atoms with Crippen LogP contribution in [0.1, 0.15) is 15.2 Å². The number of nitrogen functional groups attached to an aromatic ring is 2. The van der Waals surface area contributed by atoms with E-state index < -0.39 is 0 Å². The molecule has 0 atom stereocenters. The molecule has 0 saturated carbocycles. The molecule has 3 rings (SSSR count). The first-order valence-electron chi connectivity index (χ1n) is 7.07. The van der Waals surface area contributed by atoms with Crippen LogP contribution in [-0.4, -0.2) is 10.9 Å². The highest BCUT2D eigenvalue weighted by molar-refractivity contribution is 7.17. The van der Waals surface area contributed by atoms with Crippen LogP contribution in [0, 0.1) is 0 Å². The highest BCUT2D eigenvalue weighted by atomic mass is 32.1. The zero-order chi connectivity index (χ0) is 16.2. The molecule has 5 nitrogen and oxygen atoms in total. The number of thiophene rings is 1. The van der Waals surface area contributed by atoms with Crippen molar-refractivity contribution in [3.63, 3.8) is 0 Å². The Balaban J connectivity index is 1.69. The zero-order valence-electron chi connectivity index (χ0n) is 12.3. The van der Waals surface area contributed by atoms with Crippen molar-refractivity contribution in [3.05, 3.63) is 65.0 Å². The van der Waals surface area contributed by atoms with E-state index in [2.05, 4.69) is 10.3 Å². The van der Waals surface area contributed by atoms with Gasteiger partial charge in [-0.25, -0.2) is 4.98 Å². The number of hydrogen-bond acceptors (Lipinski definition) is 5. The molecule has 2 aromatic heterocycles. The molecule has 0 aliphatic heterocycles. The summed E-state index contributed by atoms with van der Waals surface area (Å²) in [4.78, 5) is 18.0. The number of carbonyl (C=O) groups excluding carboxylic acids is 1. The molecule has 0 bridgehead atoms. The van der Waals surface area contributed by atoms with Crippen LogP contribution in [0.25, 0.3) is 10.6 Å². The van der Waals surface area contributed by atoms with Gasteiger partial charge in [-0.05, 0) is 42.0 Å². The van der Waals surface area contributed by atoms with Gasteiger partial charge < -0.3 is 16.8 Å². The highest BCUT2D eigenvalue weighted by Gasteiger charge is 2.11. The van der Waals surface area contributed by atoms with E-state index in [-0.39, 0.29) is 5.91 Å². The van der Waals surface area contributed by atoms with E-state index >= 15 is 0 Å². The molecule has 2 heterocycles. The first-order chi connectivity index (χ1) is 11.1. The topological polar surface area (TPSA) is 94.0 Å². The maximum absolute atomic E-state index is 12.2. The standard InChI is InChI=1S/C17H16N4OS/c18-12-4-1-3-11(9-12)10-20-17(22)15-8-7-14(23-15)13-5-2-6-16(19)21-13/h1-9H,10,18H2,(H2,19,21)(H,20,22). The molecule has 1 amide bonds. The Morgan fingerprint density at radius 1 is 1.09 bits per heavy atom. The number of nitrogens with zero attached hydrogens (tertiary/aromatic N) is 1. The van der Waals surface area contributed by atoms with Crippen molar-refractivity contribution in [2.75, 3.05) is 11.5 Å². The average molecular weight is 324 g/mol. The quantitative estimate of drug-likeness (QED) is 0.643. The lowest BCUT2D eigenvalue weighted by molar-refractivity contribution is 0.0955. The zero-order valence-corrected chi connectivity index (χ0v) is 13.1. The lowest BCUT2D eigenvalue weighted by Crippen LogP contribution is -2.21. The SMILES string of the molecule is Nc1cccc(CNC(=O)c2ccc(-c3cccc(N)n3)s2)c1. The average Bonchev–Trinajstić information content (AvgIpc) is 3.03. The van der Waals surface area contributed by atoms with Gasteiger partial charge in [0.05, 0.1) is 15.4 Å². The summed E-state index contributed by atoms with van der Waals surface area (Å²) in [6.07, 6.45) is 0. The number of carbonyl (C=O) groups is 1. The second-order valence-electron chi connectivity index (χ2n) is 5.04. The predicted molar refractivity (Wildman–Crippen MR) is 94.0 cm³/mol. The predicted octanol–water partition coefficient (Wildman–Crippen LogP) is 2.90. The minimum Gasteiger partial charge on any atom is -0.399 e. The molecule has 0 saturated heterocycles. The summed E-state index contributed by atoms with van der Waals surface area (Å²) in [5, 5.41) is 2.89. The van der Waals surface area contributed by atoms with Gasteiger partial charge in [0, 0.05) is 12.2 Å². The first-order valence-corrected chi connectivity index (χ1v) is 7.89. The first kappa shape index (κ1) is 15.1. The smallest absolute Gasteiger partial charge is 0.261 e. The summed E-state index contributed by atoms with van der Waals surface area (Å²) in [5.74, 6) is 0.344. The van der Waals surface area contributed by atoms with E-state index in [1.54, 1.807) is 12.1 Å². The summed E-state index contributed by atoms with van der Waals surface area (Å²) in [7, 11) is 0. The number of rotatable bonds is 4. The Bertz CT molecular complexity index is 844. The molecule has 5 N–H and O–H groups in total. The van der Waals surface area contributed by atoms with Gasteiger partial charge in [-0.15, -0.1) is 11.3 Å². The van der Waals surface area contributed by atoms with E-state index in [0.29, 0.717) is 22.9 Å². The van der Waals surface area contributed by atoms with Crippen molar-refractivity contribution in [1.82, 2.24) is 10.3 Å². The summed E-state index contributed by atoms with van der Waals surface area (Å²) in [6, 6.07) is 16.6. The number of nitrogens with two attached hydrogens (primary N) is 2. The third kappa shape index (κ3) is 3.67. The Morgan fingerprint density at radius 2 is 1.91 bits per heavy atom. The fraction of sp³-hybridized carbons (Fsp3) is 0.0588. The molecule has 0 unspecified atom stereocenters. The molecule has 0 aliphatic carbocycles. The van der Waals surface area contributed by atoms with Crippen molar-refractivity contribution in [3.8, 4) is 10.6 Å². The van der Waals surface area contributed by atoms with Crippen LogP contribution in [0.5, 0.6) is 0 Å². The van der Waals surface area contributed by atoms with Gasteiger partial charge in [-0.1, -0.05) is 18.2 Å². The maximum atomic E-state index is 12.2. The molecule has 0 aliphatic rings. The van der Waals surface area contributed by atoms with E-state index in [9.17, 15) is 4.79 Å². The maximum Gasteiger partial charge on any atom is 0.261 e. The Labute approximate surface area is 138 Å². The molecule has 0 fully saturated rings. The number of nitrogens with one attached hydrogen (secondary N) is 1. The van der Waals surface area contributed by atoms with Crippen LogP contribution < -0.4 is 16.8 Å². The van der Waals surface area contributed by atoms with Gasteiger partial charge in [-0.2, -0.15) is 0 Å². The summed E-state index contributed by atoms with van der Waals surface area (Å²) in [6.45, 7) is 0.438. The van der Waals surface area contributed by atoms with Gasteiger partial charge in [-0.3, -0.25) is 4.79 Å². The molecule has 0 spiro atoms. The Hall–Kier alpha value is -2.86. The monoisotopic (exact) mass is 324 g/mol. The number of benzene rings is 1. The van der Waals surface area contributed by atoms with Gasteiger partial charge in [0.25, 0.3) is 5.91 Å². The second-order valence-corrected chi connectivity index (χ2v) is 6.12. The number of anilines is 2. The third-order valence-corrected chi connectivity index (χ3v) is 4.36. The number of hydrogen-bond donors (Lipinski definition) is 3. The van der Waals surface area contributed by atoms with E-state index in [4.69, 9.17) is 11.5 Å². The lowest BCUT2D eigenvalue weighted by atomic mass is 10.2. The lowest BCUT2D eigenvalue weighted by Gasteiger charge is -2.04. The van der Waals surface area contributed by atoms with Gasteiger partial charge >= 0.3 is 0 Å². The molecular weight excluding hydrogens is 308 g/mol. The molecular formula is C17H16N4OS. The van der Waals surface area contributed by atoms with Crippen LogP contribution >= 0.6 is 11.3 Å². The van der Waals surface area contributed by atoms with Crippen molar-refractivity contribution >= 4 is 28.7 Å². The van der Waals surface area contributed by atoms with Crippen LogP contribution in [0.3, 0.4) is 0 Å². The van der Waals surface area contributed by atoms with Crippen molar-refractivity contribution in [2.24, 2.45) is 0 Å². The molecule has 23 heavy (non-hydrogen) atoms. The van der Waals surface area contributed by atoms with Gasteiger partial charge in [0.2, 0.25) is 0 Å². The minimum absolute atomic E-state index is 0.118. The normalized spacial score (nSPS) is 10.4. The van der Waals surface area contributed by atoms with Crippen molar-refractivity contribution in [1.29, 1.82) is 0 Å². The largest absolute Gasteiger partial charge is 0.399 e. The third-order valence-electron chi connectivity index (χ3n) is 3.26. The van der Waals surface area contributed by atoms with E-state index in [1.807, 2.05) is 42.5 Å². The number of pyridine rings is 1. The summed E-state index contributed by atoms with van der Waals surface area (Å²) >= 11 is 1.39. The van der Waals surface area contributed by atoms with Crippen LogP contribution in [-0.2, 0) is 6.54 Å². The van der Waals surface area contributed by atoms with Crippen molar-refractivity contribution < 1.29 is 4.79 Å². The second kappa shape index (κ2) is 6.50. The number of amides is 1. The van der Waals surface area contributed by atoms with Gasteiger partial charge in [0.15, 0.2) is 0 Å². The van der Waals surface area contributed by atoms with Crippen molar-refractivity contribution in [2.45, 2.75) is 6.54 Å². The van der Waals surface area contributed by atoms with Gasteiger partial charge in [0.1, 0.15) is 5.82 Å². The highest BCUT2D eigenvalue weighted by Crippen LogP contribution is 2.27. The van der Waals surface area contributed by atoms with Crippen LogP contribution in [0.15, 0.2) is 54.6 Å². The molecule has 6 heteroatoms. The summed E-state index contributed by atoms with van der Waals surface area (Å²) < 4.78 is 0. The minimum atomic E-state index is -0.118. The Kier molecular flexibility index (Phi) is 4.25. The van der Waals surface area contributed by atoms with Crippen LogP contribution in [0.4, 0.5) is 11.5 Å². The fourth-order valence-electron chi connectivity index (χ4n) is 2.16. The van der Waals surface area contributed by atoms with E-state index in [0.717, 1.165) is 16.1 Å². The number of aromatic nitrogens is 1. The fourth-order valence-corrected chi connectivity index (χ4v) is 3.05. The molecule has 116 valence electrons. The summed E-state index contributed by atoms with van der Waals surface area (Å²) in [5.41, 5.74) is 13.8. The Morgan fingerprint density at radius 3 is 2.70 bits per heavy atom. The molecule has 1 aromatic carbocycles. The molecule has 3 aromatic rings. The van der Waals surface area contributed by atoms with E-state index in [1.165, 1.54) is 11.3 Å². The molecule has 0 radical (unpaired) electrons.